The number of methoxy groups -OCH3 is 1. The zero-order valence-electron chi connectivity index (χ0n) is 16.0. The van der Waals surface area contributed by atoms with Crippen LogP contribution in [0.3, 0.4) is 0 Å². The van der Waals surface area contributed by atoms with Crippen molar-refractivity contribution in [2.75, 3.05) is 33.8 Å². The Kier molecular flexibility index (Phi) is 7.45. The smallest absolute Gasteiger partial charge is 0.317 e. The number of hydrogen-bond donors (Lipinski definition) is 1. The van der Waals surface area contributed by atoms with Gasteiger partial charge in [0.2, 0.25) is 5.91 Å². The van der Waals surface area contributed by atoms with Gasteiger partial charge in [0.15, 0.2) is 0 Å². The third-order valence-corrected chi connectivity index (χ3v) is 5.22. The number of hydrogen-bond acceptors (Lipinski definition) is 4. The Hall–Kier alpha value is -2.08. The Bertz CT molecular complexity index is 602. The van der Waals surface area contributed by atoms with Gasteiger partial charge in [-0.25, -0.2) is 0 Å². The predicted molar refractivity (Wildman–Crippen MR) is 101 cm³/mol. The van der Waals surface area contributed by atoms with E-state index in [1.807, 2.05) is 41.1 Å². The molecule has 0 radical (unpaired) electrons. The summed E-state index contributed by atoms with van der Waals surface area (Å²) in [5.41, 5.74) is 1.13. The first kappa shape index (κ1) is 20.2. The van der Waals surface area contributed by atoms with Crippen LogP contribution >= 0.6 is 0 Å². The zero-order valence-corrected chi connectivity index (χ0v) is 16.0. The number of carbonyl (C=O) groups is 2. The lowest BCUT2D eigenvalue weighted by atomic mass is 9.97. The number of likely N-dealkylation sites (N-methyl/N-ethyl adjacent to an activating group) is 1. The Balaban J connectivity index is 1.87. The van der Waals surface area contributed by atoms with Crippen molar-refractivity contribution in [3.05, 3.63) is 29.8 Å². The van der Waals surface area contributed by atoms with Gasteiger partial charge in [-0.05, 0) is 49.9 Å². The number of amides is 1. The van der Waals surface area contributed by atoms with Gasteiger partial charge in [-0.3, -0.25) is 14.5 Å². The molecule has 1 fully saturated rings. The number of rotatable bonds is 7. The fourth-order valence-electron chi connectivity index (χ4n) is 3.55. The standard InChI is InChI=1S/C20H30N2O4/c1-15(16-6-8-18(26-3)9-7-16)13-19(23)22-11-4-5-17(10-12-22)21(2)14-20(24)25/h6-9,15,17H,4-5,10-14H2,1-3H3,(H,24,25). The van der Waals surface area contributed by atoms with Crippen LogP contribution in [0.4, 0.5) is 0 Å². The Morgan fingerprint density at radius 3 is 2.58 bits per heavy atom. The summed E-state index contributed by atoms with van der Waals surface area (Å²) < 4.78 is 5.18. The number of carbonyl (C=O) groups excluding carboxylic acids is 1. The minimum absolute atomic E-state index is 0.0487. The number of nitrogens with zero attached hydrogens (tertiary/aromatic N) is 2. The highest BCUT2D eigenvalue weighted by Gasteiger charge is 2.25. The van der Waals surface area contributed by atoms with Gasteiger partial charge in [0, 0.05) is 25.6 Å². The molecule has 1 amide bonds. The van der Waals surface area contributed by atoms with E-state index in [0.717, 1.165) is 37.1 Å². The minimum Gasteiger partial charge on any atom is -0.497 e. The number of ether oxygens (including phenoxy) is 1. The molecule has 0 bridgehead atoms. The minimum atomic E-state index is -0.807. The Labute approximate surface area is 155 Å². The van der Waals surface area contributed by atoms with Gasteiger partial charge in [-0.1, -0.05) is 19.1 Å². The van der Waals surface area contributed by atoms with Crippen molar-refractivity contribution in [1.29, 1.82) is 0 Å². The van der Waals surface area contributed by atoms with Crippen LogP contribution in [0.5, 0.6) is 5.75 Å². The molecule has 0 spiro atoms. The van der Waals surface area contributed by atoms with Crippen molar-refractivity contribution in [1.82, 2.24) is 9.80 Å². The lowest BCUT2D eigenvalue weighted by Crippen LogP contribution is -2.37. The SMILES string of the molecule is COc1ccc(C(C)CC(=O)N2CCCC(N(C)CC(=O)O)CC2)cc1. The van der Waals surface area contributed by atoms with Gasteiger partial charge in [-0.15, -0.1) is 0 Å². The molecule has 0 saturated carbocycles. The fourth-order valence-corrected chi connectivity index (χ4v) is 3.55. The van der Waals surface area contributed by atoms with Gasteiger partial charge in [0.05, 0.1) is 13.7 Å². The third-order valence-electron chi connectivity index (χ3n) is 5.22. The second-order valence-electron chi connectivity index (χ2n) is 7.15. The number of carboxylic acid groups (broad SMARTS) is 1. The van der Waals surface area contributed by atoms with Crippen molar-refractivity contribution >= 4 is 11.9 Å². The highest BCUT2D eigenvalue weighted by Crippen LogP contribution is 2.24. The van der Waals surface area contributed by atoms with E-state index in [1.165, 1.54) is 0 Å². The first-order valence-electron chi connectivity index (χ1n) is 9.24. The van der Waals surface area contributed by atoms with Crippen LogP contribution in [0.15, 0.2) is 24.3 Å². The maximum atomic E-state index is 12.7. The molecule has 1 aromatic rings. The summed E-state index contributed by atoms with van der Waals surface area (Å²) in [6.07, 6.45) is 3.16. The summed E-state index contributed by atoms with van der Waals surface area (Å²) in [5.74, 6) is 0.339. The summed E-state index contributed by atoms with van der Waals surface area (Å²) in [5, 5.41) is 8.95. The summed E-state index contributed by atoms with van der Waals surface area (Å²) in [7, 11) is 3.49. The second-order valence-corrected chi connectivity index (χ2v) is 7.15. The predicted octanol–water partition coefficient (Wildman–Crippen LogP) is 2.59. The molecule has 2 unspecified atom stereocenters. The van der Waals surface area contributed by atoms with Crippen LogP contribution in [-0.2, 0) is 9.59 Å². The van der Waals surface area contributed by atoms with Crippen LogP contribution in [0.1, 0.15) is 44.1 Å². The number of carboxylic acids is 1. The van der Waals surface area contributed by atoms with Crippen molar-refractivity contribution in [2.45, 2.75) is 44.6 Å². The van der Waals surface area contributed by atoms with Crippen molar-refractivity contribution in [3.8, 4) is 5.75 Å². The molecule has 6 heteroatoms. The van der Waals surface area contributed by atoms with Crippen LogP contribution in [0.2, 0.25) is 0 Å². The molecule has 0 aliphatic carbocycles. The largest absolute Gasteiger partial charge is 0.497 e. The normalized spacial score (nSPS) is 19.1. The van der Waals surface area contributed by atoms with E-state index < -0.39 is 5.97 Å². The third kappa shape index (κ3) is 5.73. The van der Waals surface area contributed by atoms with E-state index in [2.05, 4.69) is 6.92 Å². The van der Waals surface area contributed by atoms with Crippen molar-refractivity contribution < 1.29 is 19.4 Å². The molecular weight excluding hydrogens is 332 g/mol. The molecule has 0 aromatic heterocycles. The monoisotopic (exact) mass is 362 g/mol. The Morgan fingerprint density at radius 1 is 1.27 bits per heavy atom. The lowest BCUT2D eigenvalue weighted by Gasteiger charge is -2.26. The molecule has 1 aromatic carbocycles. The van der Waals surface area contributed by atoms with E-state index in [-0.39, 0.29) is 24.4 Å². The topological polar surface area (TPSA) is 70.1 Å². The molecular formula is C20H30N2O4. The second kappa shape index (κ2) is 9.57. The van der Waals surface area contributed by atoms with E-state index in [9.17, 15) is 9.59 Å². The van der Waals surface area contributed by atoms with E-state index in [0.29, 0.717) is 13.0 Å². The van der Waals surface area contributed by atoms with Crippen molar-refractivity contribution in [2.24, 2.45) is 0 Å². The quantitative estimate of drug-likeness (QED) is 0.807. The van der Waals surface area contributed by atoms with Gasteiger partial charge in [0.25, 0.3) is 0 Å². The maximum Gasteiger partial charge on any atom is 0.317 e. The average molecular weight is 362 g/mol. The number of likely N-dealkylation sites (tertiary alicyclic amines) is 1. The summed E-state index contributed by atoms with van der Waals surface area (Å²) in [6.45, 7) is 3.57. The van der Waals surface area contributed by atoms with E-state index in [1.54, 1.807) is 7.11 Å². The lowest BCUT2D eigenvalue weighted by molar-refractivity contribution is -0.138. The molecule has 1 heterocycles. The average Bonchev–Trinajstić information content (AvgIpc) is 2.87. The molecule has 1 aliphatic heterocycles. The fraction of sp³-hybridized carbons (Fsp3) is 0.600. The Morgan fingerprint density at radius 2 is 1.96 bits per heavy atom. The van der Waals surface area contributed by atoms with Gasteiger partial charge in [-0.2, -0.15) is 0 Å². The molecule has 2 atom stereocenters. The molecule has 26 heavy (non-hydrogen) atoms. The van der Waals surface area contributed by atoms with Crippen LogP contribution in [-0.4, -0.2) is 66.6 Å². The first-order valence-corrected chi connectivity index (χ1v) is 9.24. The number of aliphatic carboxylic acids is 1. The van der Waals surface area contributed by atoms with Gasteiger partial charge in [0.1, 0.15) is 5.75 Å². The molecule has 6 nitrogen and oxygen atoms in total. The van der Waals surface area contributed by atoms with Crippen LogP contribution in [0, 0.1) is 0 Å². The molecule has 1 N–H and O–H groups in total. The number of benzene rings is 1. The molecule has 1 saturated heterocycles. The highest BCUT2D eigenvalue weighted by atomic mass is 16.5. The maximum absolute atomic E-state index is 12.7. The zero-order chi connectivity index (χ0) is 19.1. The first-order chi connectivity index (χ1) is 12.4. The van der Waals surface area contributed by atoms with E-state index >= 15 is 0 Å². The van der Waals surface area contributed by atoms with Crippen LogP contribution in [0.25, 0.3) is 0 Å². The van der Waals surface area contributed by atoms with Crippen LogP contribution < -0.4 is 4.74 Å². The van der Waals surface area contributed by atoms with Gasteiger partial charge < -0.3 is 14.7 Å². The highest BCUT2D eigenvalue weighted by molar-refractivity contribution is 5.77. The molecule has 2 rings (SSSR count). The summed E-state index contributed by atoms with van der Waals surface area (Å²) in [4.78, 5) is 27.4. The summed E-state index contributed by atoms with van der Waals surface area (Å²) in [6, 6.07) is 8.09. The van der Waals surface area contributed by atoms with E-state index in [4.69, 9.17) is 9.84 Å². The van der Waals surface area contributed by atoms with Gasteiger partial charge >= 0.3 is 5.97 Å². The van der Waals surface area contributed by atoms with Crippen molar-refractivity contribution in [3.63, 3.8) is 0 Å². The summed E-state index contributed by atoms with van der Waals surface area (Å²) >= 11 is 0. The molecule has 144 valence electrons. The molecule has 1 aliphatic rings.